The predicted octanol–water partition coefficient (Wildman–Crippen LogP) is 3.59. The Morgan fingerprint density at radius 3 is 2.71 bits per heavy atom. The van der Waals surface area contributed by atoms with E-state index >= 15 is 0 Å². The molecule has 1 aromatic carbocycles. The number of aromatic nitrogens is 4. The molecular weight excluding hydrogens is 480 g/mol. The third kappa shape index (κ3) is 4.50. The van der Waals surface area contributed by atoms with E-state index in [1.165, 1.54) is 0 Å². The van der Waals surface area contributed by atoms with Crippen LogP contribution in [-0.4, -0.2) is 74.3 Å². The summed E-state index contributed by atoms with van der Waals surface area (Å²) < 4.78 is 7.51. The van der Waals surface area contributed by atoms with Gasteiger partial charge in [-0.1, -0.05) is 6.07 Å². The number of fused-ring (bicyclic) bond motifs is 3. The molecule has 6 rings (SSSR count). The molecule has 0 unspecified atom stereocenters. The number of piperazine rings is 1. The fourth-order valence-electron chi connectivity index (χ4n) is 5.91. The normalized spacial score (nSPS) is 19.4. The zero-order chi connectivity index (χ0) is 26.4. The van der Waals surface area contributed by atoms with Crippen LogP contribution in [0.25, 0.3) is 21.8 Å². The summed E-state index contributed by atoms with van der Waals surface area (Å²) in [5.41, 5.74) is 4.98. The Morgan fingerprint density at radius 1 is 1.13 bits per heavy atom. The molecule has 9 nitrogen and oxygen atoms in total. The van der Waals surface area contributed by atoms with Crippen LogP contribution < -0.4 is 5.56 Å². The first-order valence-corrected chi connectivity index (χ1v) is 13.5. The van der Waals surface area contributed by atoms with E-state index in [1.54, 1.807) is 6.20 Å². The Balaban J connectivity index is 1.30. The number of pyridine rings is 2. The summed E-state index contributed by atoms with van der Waals surface area (Å²) in [6.07, 6.45) is 3.35. The van der Waals surface area contributed by atoms with Crippen LogP contribution in [0.1, 0.15) is 53.1 Å². The van der Waals surface area contributed by atoms with E-state index in [4.69, 9.17) is 4.74 Å². The van der Waals surface area contributed by atoms with E-state index in [0.717, 1.165) is 59.3 Å². The minimum Gasteiger partial charge on any atom is -0.381 e. The molecule has 2 fully saturated rings. The first-order chi connectivity index (χ1) is 18.4. The summed E-state index contributed by atoms with van der Waals surface area (Å²) in [6, 6.07) is 10.4. The smallest absolute Gasteiger partial charge is 0.259 e. The van der Waals surface area contributed by atoms with Crippen LogP contribution in [0.4, 0.5) is 0 Å². The number of aromatic amines is 1. The van der Waals surface area contributed by atoms with Crippen LogP contribution in [0.2, 0.25) is 0 Å². The zero-order valence-corrected chi connectivity index (χ0v) is 22.2. The lowest BCUT2D eigenvalue weighted by Gasteiger charge is -2.40. The lowest BCUT2D eigenvalue weighted by Crippen LogP contribution is -2.53. The largest absolute Gasteiger partial charge is 0.381 e. The minimum absolute atomic E-state index is 0.0288. The molecule has 1 atom stereocenters. The first-order valence-electron chi connectivity index (χ1n) is 13.5. The van der Waals surface area contributed by atoms with Crippen LogP contribution in [0.5, 0.6) is 0 Å². The molecule has 0 aliphatic carbocycles. The summed E-state index contributed by atoms with van der Waals surface area (Å²) in [4.78, 5) is 38.7. The Kier molecular flexibility index (Phi) is 6.49. The average molecular weight is 515 g/mol. The number of nitrogens with one attached hydrogen (secondary N) is 1. The number of hydrogen-bond donors (Lipinski definition) is 1. The van der Waals surface area contributed by atoms with Crippen molar-refractivity contribution in [3.63, 3.8) is 0 Å². The van der Waals surface area contributed by atoms with Gasteiger partial charge in [-0.2, -0.15) is 5.10 Å². The number of rotatable bonds is 4. The van der Waals surface area contributed by atoms with Gasteiger partial charge in [0.2, 0.25) is 0 Å². The van der Waals surface area contributed by atoms with Gasteiger partial charge in [-0.25, -0.2) is 0 Å². The molecule has 0 spiro atoms. The maximum Gasteiger partial charge on any atom is 0.259 e. The van der Waals surface area contributed by atoms with Crippen LogP contribution in [0, 0.1) is 13.8 Å². The fraction of sp³-hybridized carbons (Fsp3) is 0.448. The minimum atomic E-state index is -0.155. The van der Waals surface area contributed by atoms with Crippen LogP contribution in [-0.2, 0) is 11.3 Å². The third-order valence-corrected chi connectivity index (χ3v) is 8.04. The van der Waals surface area contributed by atoms with Gasteiger partial charge in [-0.3, -0.25) is 24.2 Å². The molecule has 0 bridgehead atoms. The van der Waals surface area contributed by atoms with Crippen molar-refractivity contribution < 1.29 is 9.53 Å². The van der Waals surface area contributed by atoms with Gasteiger partial charge in [-0.05, 0) is 63.4 Å². The number of H-pyrrole nitrogens is 1. The van der Waals surface area contributed by atoms with E-state index in [2.05, 4.69) is 33.0 Å². The summed E-state index contributed by atoms with van der Waals surface area (Å²) in [7, 11) is 0. The van der Waals surface area contributed by atoms with Gasteiger partial charge in [0.15, 0.2) is 0 Å². The summed E-state index contributed by atoms with van der Waals surface area (Å²) in [5, 5.41) is 6.02. The molecule has 198 valence electrons. The van der Waals surface area contributed by atoms with E-state index in [-0.39, 0.29) is 23.6 Å². The predicted molar refractivity (Wildman–Crippen MR) is 146 cm³/mol. The quantitative estimate of drug-likeness (QED) is 0.447. The maximum absolute atomic E-state index is 13.8. The fourth-order valence-corrected chi connectivity index (χ4v) is 5.91. The molecular formula is C29H34N6O3. The van der Waals surface area contributed by atoms with Gasteiger partial charge >= 0.3 is 0 Å². The van der Waals surface area contributed by atoms with Crippen molar-refractivity contribution in [3.05, 3.63) is 69.4 Å². The SMILES string of the molecule is Cc1cccc(CN2CCN(C(=O)c3cc4c(cc3C)[nH]c(=O)c3cnn(C5CCOCC5)c34)C[C@@H]2C)n1. The highest BCUT2D eigenvalue weighted by Gasteiger charge is 2.29. The highest BCUT2D eigenvalue weighted by Crippen LogP contribution is 2.30. The number of hydrogen-bond acceptors (Lipinski definition) is 6. The summed E-state index contributed by atoms with van der Waals surface area (Å²) >= 11 is 0. The average Bonchev–Trinajstić information content (AvgIpc) is 3.36. The lowest BCUT2D eigenvalue weighted by molar-refractivity contribution is 0.0491. The van der Waals surface area contributed by atoms with Gasteiger partial charge in [0.05, 0.1) is 34.4 Å². The van der Waals surface area contributed by atoms with Crippen LogP contribution in [0.3, 0.4) is 0 Å². The number of aryl methyl sites for hydroxylation is 2. The van der Waals surface area contributed by atoms with Crippen molar-refractivity contribution in [3.8, 4) is 0 Å². The van der Waals surface area contributed by atoms with Crippen molar-refractivity contribution in [2.75, 3.05) is 32.8 Å². The van der Waals surface area contributed by atoms with Crippen molar-refractivity contribution in [1.82, 2.24) is 29.5 Å². The Morgan fingerprint density at radius 2 is 1.95 bits per heavy atom. The van der Waals surface area contributed by atoms with Crippen molar-refractivity contribution >= 4 is 27.7 Å². The zero-order valence-electron chi connectivity index (χ0n) is 22.2. The molecule has 1 amide bonds. The molecule has 4 aromatic rings. The van der Waals surface area contributed by atoms with Gasteiger partial charge in [0.25, 0.3) is 11.5 Å². The molecule has 2 aliphatic heterocycles. The first kappa shape index (κ1) is 24.8. The molecule has 3 aromatic heterocycles. The number of ether oxygens (including phenoxy) is 1. The molecule has 38 heavy (non-hydrogen) atoms. The standard InChI is InChI=1S/C29H34N6O3/c1-18-13-26-24(27-25(28(36)32-26)15-30-35(27)22-7-11-38-12-8-22)14-23(18)29(37)34-10-9-33(20(3)16-34)17-21-6-4-5-19(2)31-21/h4-6,13-15,20,22H,7-12,16-17H2,1-3H3,(H,32,36)/t20-/m0/s1. The molecule has 9 heteroatoms. The van der Waals surface area contributed by atoms with Crippen LogP contribution >= 0.6 is 0 Å². The highest BCUT2D eigenvalue weighted by atomic mass is 16.5. The Hall–Kier alpha value is -3.56. The monoisotopic (exact) mass is 514 g/mol. The van der Waals surface area contributed by atoms with E-state index in [9.17, 15) is 9.59 Å². The molecule has 0 radical (unpaired) electrons. The van der Waals surface area contributed by atoms with E-state index < -0.39 is 0 Å². The van der Waals surface area contributed by atoms with Gasteiger partial charge < -0.3 is 14.6 Å². The molecule has 2 aliphatic rings. The Bertz CT molecular complexity index is 1570. The second kappa shape index (κ2) is 9.96. The van der Waals surface area contributed by atoms with Crippen molar-refractivity contribution in [2.24, 2.45) is 0 Å². The third-order valence-electron chi connectivity index (χ3n) is 8.04. The molecule has 5 heterocycles. The Labute approximate surface area is 221 Å². The van der Waals surface area contributed by atoms with Crippen molar-refractivity contribution in [1.29, 1.82) is 0 Å². The second-order valence-electron chi connectivity index (χ2n) is 10.7. The highest BCUT2D eigenvalue weighted by molar-refractivity contribution is 6.07. The summed E-state index contributed by atoms with van der Waals surface area (Å²) in [6.45, 7) is 10.4. The van der Waals surface area contributed by atoms with Gasteiger partial charge in [0, 0.05) is 62.1 Å². The number of carbonyl (C=O) groups excluding carboxylic acids is 1. The number of benzene rings is 1. The number of nitrogens with zero attached hydrogens (tertiary/aromatic N) is 5. The molecule has 2 saturated heterocycles. The number of carbonyl (C=O) groups is 1. The summed E-state index contributed by atoms with van der Waals surface area (Å²) in [5.74, 6) is 0.0288. The van der Waals surface area contributed by atoms with Gasteiger partial charge in [0.1, 0.15) is 0 Å². The van der Waals surface area contributed by atoms with Crippen LogP contribution in [0.15, 0.2) is 41.3 Å². The number of amides is 1. The molecule has 0 saturated carbocycles. The van der Waals surface area contributed by atoms with E-state index in [0.29, 0.717) is 37.3 Å². The lowest BCUT2D eigenvalue weighted by atomic mass is 10.0. The van der Waals surface area contributed by atoms with Gasteiger partial charge in [-0.15, -0.1) is 0 Å². The maximum atomic E-state index is 13.8. The topological polar surface area (TPSA) is 96.4 Å². The van der Waals surface area contributed by atoms with E-state index in [1.807, 2.05) is 47.7 Å². The van der Waals surface area contributed by atoms with Crippen molar-refractivity contribution in [2.45, 2.75) is 52.2 Å². The second-order valence-corrected chi connectivity index (χ2v) is 10.7. The molecule has 1 N–H and O–H groups in total.